The number of thiazole rings is 1. The first-order valence-electron chi connectivity index (χ1n) is 10.3. The molecule has 32 heavy (non-hydrogen) atoms. The molecule has 4 rings (SSSR count). The van der Waals surface area contributed by atoms with Crippen molar-refractivity contribution in [1.82, 2.24) is 14.8 Å². The normalized spacial score (nSPS) is 11.5. The van der Waals surface area contributed by atoms with E-state index in [4.69, 9.17) is 14.5 Å². The molecular formula is C24H26N4O3S. The van der Waals surface area contributed by atoms with E-state index in [9.17, 15) is 4.79 Å². The molecule has 0 spiro atoms. The number of benzene rings is 2. The van der Waals surface area contributed by atoms with Crippen LogP contribution in [0.4, 0.5) is 5.82 Å². The summed E-state index contributed by atoms with van der Waals surface area (Å²) in [5, 5.41) is 8.11. The van der Waals surface area contributed by atoms with Gasteiger partial charge in [0, 0.05) is 6.07 Å². The third kappa shape index (κ3) is 4.75. The summed E-state index contributed by atoms with van der Waals surface area (Å²) in [6, 6.07) is 15.2. The van der Waals surface area contributed by atoms with Gasteiger partial charge in [0.1, 0.15) is 17.3 Å². The second-order valence-electron chi connectivity index (χ2n) is 8.52. The molecule has 0 aliphatic heterocycles. The molecule has 0 radical (unpaired) electrons. The maximum atomic E-state index is 12.5. The summed E-state index contributed by atoms with van der Waals surface area (Å²) in [7, 11) is 1.60. The highest BCUT2D eigenvalue weighted by Crippen LogP contribution is 2.31. The minimum atomic E-state index is -0.280. The van der Waals surface area contributed by atoms with Gasteiger partial charge in [-0.3, -0.25) is 4.79 Å². The number of anilines is 1. The van der Waals surface area contributed by atoms with Crippen LogP contribution in [0.15, 0.2) is 48.5 Å². The van der Waals surface area contributed by atoms with E-state index in [0.717, 1.165) is 21.7 Å². The molecule has 2 heterocycles. The molecule has 7 nitrogen and oxygen atoms in total. The average Bonchev–Trinajstić information content (AvgIpc) is 3.34. The van der Waals surface area contributed by atoms with Crippen LogP contribution in [0, 0.1) is 6.92 Å². The highest BCUT2D eigenvalue weighted by atomic mass is 32.1. The molecule has 0 aliphatic rings. The van der Waals surface area contributed by atoms with Crippen molar-refractivity contribution in [3.8, 4) is 16.6 Å². The number of nitrogens with zero attached hydrogens (tertiary/aromatic N) is 3. The molecule has 1 N–H and O–H groups in total. The van der Waals surface area contributed by atoms with Gasteiger partial charge in [-0.25, -0.2) is 4.98 Å². The van der Waals surface area contributed by atoms with Crippen molar-refractivity contribution in [2.24, 2.45) is 0 Å². The predicted molar refractivity (Wildman–Crippen MR) is 127 cm³/mol. The Labute approximate surface area is 191 Å². The van der Waals surface area contributed by atoms with Gasteiger partial charge >= 0.3 is 0 Å². The number of carbonyl (C=O) groups is 1. The van der Waals surface area contributed by atoms with Gasteiger partial charge in [-0.05, 0) is 54.3 Å². The minimum absolute atomic E-state index is 0.0592. The largest absolute Gasteiger partial charge is 0.497 e. The van der Waals surface area contributed by atoms with Crippen molar-refractivity contribution in [1.29, 1.82) is 0 Å². The fraction of sp³-hybridized carbons (Fsp3) is 0.292. The number of methoxy groups -OCH3 is 1. The molecule has 2 aromatic carbocycles. The Bertz CT molecular complexity index is 1250. The Hall–Kier alpha value is -3.39. The standard InChI is InChI=1S/C24H26N4O3S/c1-15-12-21(26-22(29)14-31-18-9-7-17(30-5)8-10-18)28(27-15)23-25-19-11-6-16(24(2,3)4)13-20(19)32-23/h6-13H,14H2,1-5H3,(H,26,29). The van der Waals surface area contributed by atoms with Crippen LogP contribution in [0.2, 0.25) is 0 Å². The molecule has 0 saturated carbocycles. The van der Waals surface area contributed by atoms with Crippen molar-refractivity contribution in [2.45, 2.75) is 33.1 Å². The highest BCUT2D eigenvalue weighted by Gasteiger charge is 2.18. The second kappa shape index (κ2) is 8.63. The topological polar surface area (TPSA) is 78.3 Å². The van der Waals surface area contributed by atoms with Crippen molar-refractivity contribution in [3.05, 3.63) is 59.8 Å². The van der Waals surface area contributed by atoms with E-state index in [2.05, 4.69) is 43.3 Å². The summed E-state index contributed by atoms with van der Waals surface area (Å²) >= 11 is 1.54. The zero-order valence-electron chi connectivity index (χ0n) is 18.8. The van der Waals surface area contributed by atoms with Crippen LogP contribution in [0.5, 0.6) is 11.5 Å². The number of amides is 1. The molecule has 0 fully saturated rings. The Kier molecular flexibility index (Phi) is 5.88. The second-order valence-corrected chi connectivity index (χ2v) is 9.53. The average molecular weight is 451 g/mol. The van der Waals surface area contributed by atoms with Crippen LogP contribution in [-0.2, 0) is 10.2 Å². The number of aromatic nitrogens is 3. The quantitative estimate of drug-likeness (QED) is 0.441. The van der Waals surface area contributed by atoms with Crippen LogP contribution in [0.25, 0.3) is 15.3 Å². The number of fused-ring (bicyclic) bond motifs is 1. The van der Waals surface area contributed by atoms with Crippen molar-refractivity contribution in [2.75, 3.05) is 19.0 Å². The van der Waals surface area contributed by atoms with E-state index in [1.165, 1.54) is 5.56 Å². The van der Waals surface area contributed by atoms with Crippen LogP contribution in [-0.4, -0.2) is 34.4 Å². The summed E-state index contributed by atoms with van der Waals surface area (Å²) in [6.45, 7) is 8.33. The lowest BCUT2D eigenvalue weighted by Gasteiger charge is -2.18. The molecule has 4 aromatic rings. The maximum Gasteiger partial charge on any atom is 0.263 e. The van der Waals surface area contributed by atoms with Gasteiger partial charge in [0.2, 0.25) is 5.13 Å². The monoisotopic (exact) mass is 450 g/mol. The number of hydrogen-bond donors (Lipinski definition) is 1. The van der Waals surface area contributed by atoms with E-state index in [0.29, 0.717) is 16.7 Å². The van der Waals surface area contributed by atoms with E-state index in [1.54, 1.807) is 47.4 Å². The fourth-order valence-electron chi connectivity index (χ4n) is 3.20. The summed E-state index contributed by atoms with van der Waals surface area (Å²) in [5.74, 6) is 1.59. The van der Waals surface area contributed by atoms with E-state index in [-0.39, 0.29) is 17.9 Å². The molecule has 0 saturated heterocycles. The lowest BCUT2D eigenvalue weighted by molar-refractivity contribution is -0.118. The van der Waals surface area contributed by atoms with E-state index in [1.807, 2.05) is 19.1 Å². The maximum absolute atomic E-state index is 12.5. The van der Waals surface area contributed by atoms with Gasteiger partial charge in [0.05, 0.1) is 23.0 Å². The zero-order valence-corrected chi connectivity index (χ0v) is 19.6. The van der Waals surface area contributed by atoms with Crippen LogP contribution >= 0.6 is 11.3 Å². The number of carbonyl (C=O) groups excluding carboxylic acids is 1. The van der Waals surface area contributed by atoms with Gasteiger partial charge in [0.25, 0.3) is 5.91 Å². The number of rotatable bonds is 6. The van der Waals surface area contributed by atoms with Crippen LogP contribution in [0.3, 0.4) is 0 Å². The Morgan fingerprint density at radius 3 is 2.50 bits per heavy atom. The summed E-state index contributed by atoms with van der Waals surface area (Å²) in [5.41, 5.74) is 3.00. The first-order chi connectivity index (χ1) is 15.2. The predicted octanol–water partition coefficient (Wildman–Crippen LogP) is 5.11. The van der Waals surface area contributed by atoms with E-state index < -0.39 is 0 Å². The smallest absolute Gasteiger partial charge is 0.263 e. The van der Waals surface area contributed by atoms with Crippen LogP contribution < -0.4 is 14.8 Å². The molecule has 0 aliphatic carbocycles. The van der Waals surface area contributed by atoms with Crippen molar-refractivity contribution >= 4 is 33.3 Å². The highest BCUT2D eigenvalue weighted by molar-refractivity contribution is 7.20. The lowest BCUT2D eigenvalue weighted by atomic mass is 9.87. The SMILES string of the molecule is COc1ccc(OCC(=O)Nc2cc(C)nn2-c2nc3ccc(C(C)(C)C)cc3s2)cc1. The zero-order chi connectivity index (χ0) is 22.9. The van der Waals surface area contributed by atoms with Crippen molar-refractivity contribution in [3.63, 3.8) is 0 Å². The molecule has 0 atom stereocenters. The third-order valence-corrected chi connectivity index (χ3v) is 5.95. The summed E-state index contributed by atoms with van der Waals surface area (Å²) in [6.07, 6.45) is 0. The molecule has 166 valence electrons. The molecule has 0 bridgehead atoms. The summed E-state index contributed by atoms with van der Waals surface area (Å²) in [4.78, 5) is 17.2. The van der Waals surface area contributed by atoms with Crippen molar-refractivity contribution < 1.29 is 14.3 Å². The Morgan fingerprint density at radius 2 is 1.81 bits per heavy atom. The number of hydrogen-bond acceptors (Lipinski definition) is 6. The minimum Gasteiger partial charge on any atom is -0.497 e. The first kappa shape index (κ1) is 21.8. The Balaban J connectivity index is 1.51. The Morgan fingerprint density at radius 1 is 1.09 bits per heavy atom. The van der Waals surface area contributed by atoms with Gasteiger partial charge in [-0.15, -0.1) is 0 Å². The third-order valence-electron chi connectivity index (χ3n) is 4.95. The number of nitrogens with one attached hydrogen (secondary N) is 1. The van der Waals surface area contributed by atoms with Crippen LogP contribution in [0.1, 0.15) is 32.0 Å². The van der Waals surface area contributed by atoms with E-state index >= 15 is 0 Å². The number of ether oxygens (including phenoxy) is 2. The molecule has 2 aromatic heterocycles. The summed E-state index contributed by atoms with van der Waals surface area (Å²) < 4.78 is 13.5. The van der Waals surface area contributed by atoms with Gasteiger partial charge < -0.3 is 14.8 Å². The molecule has 0 unspecified atom stereocenters. The fourth-order valence-corrected chi connectivity index (χ4v) is 4.17. The van der Waals surface area contributed by atoms with Gasteiger partial charge in [-0.1, -0.05) is 38.2 Å². The lowest BCUT2D eigenvalue weighted by Crippen LogP contribution is -2.21. The molecule has 1 amide bonds. The molecular weight excluding hydrogens is 424 g/mol. The first-order valence-corrected chi connectivity index (χ1v) is 11.1. The van der Waals surface area contributed by atoms with Gasteiger partial charge in [-0.2, -0.15) is 9.78 Å². The number of aryl methyl sites for hydroxylation is 1. The van der Waals surface area contributed by atoms with Gasteiger partial charge in [0.15, 0.2) is 6.61 Å². The molecule has 8 heteroatoms.